The molecule has 2 heterocycles. The molecule has 2 aliphatic rings. The van der Waals surface area contributed by atoms with Gasteiger partial charge in [0.25, 0.3) is 0 Å². The van der Waals surface area contributed by atoms with E-state index < -0.39 is 5.60 Å². The number of likely N-dealkylation sites (N-methyl/N-ethyl adjacent to an activating group) is 1. The minimum atomic E-state index is -0.794. The quantitative estimate of drug-likeness (QED) is 0.610. The van der Waals surface area contributed by atoms with Gasteiger partial charge in [-0.15, -0.1) is 0 Å². The molecule has 3 N–H and O–H groups in total. The summed E-state index contributed by atoms with van der Waals surface area (Å²) >= 11 is 0. The molecule has 2 fully saturated rings. The van der Waals surface area contributed by atoms with Crippen LogP contribution in [0, 0.1) is 0 Å². The van der Waals surface area contributed by atoms with Gasteiger partial charge in [-0.1, -0.05) is 0 Å². The molecule has 2 unspecified atom stereocenters. The highest BCUT2D eigenvalue weighted by Gasteiger charge is 2.34. The first kappa shape index (κ1) is 14.7. The number of piperazine rings is 1. The summed E-state index contributed by atoms with van der Waals surface area (Å²) in [7, 11) is 1.76. The average Bonchev–Trinajstić information content (AvgIpc) is 2.39. The summed E-state index contributed by atoms with van der Waals surface area (Å²) < 4.78 is 5.25. The number of amides is 1. The van der Waals surface area contributed by atoms with Crippen LogP contribution in [0.1, 0.15) is 19.8 Å². The number of nitrogens with zero attached hydrogens (tertiary/aromatic N) is 1. The van der Waals surface area contributed by atoms with Crippen LogP contribution in [-0.2, 0) is 9.53 Å². The third-order valence-electron chi connectivity index (χ3n) is 3.97. The highest BCUT2D eigenvalue weighted by atomic mass is 16.5. The van der Waals surface area contributed by atoms with Gasteiger partial charge in [0, 0.05) is 58.8 Å². The monoisotopic (exact) mass is 271 g/mol. The number of aliphatic hydroxyl groups is 1. The van der Waals surface area contributed by atoms with Crippen molar-refractivity contribution in [3.8, 4) is 0 Å². The van der Waals surface area contributed by atoms with Crippen molar-refractivity contribution < 1.29 is 14.6 Å². The van der Waals surface area contributed by atoms with E-state index in [0.29, 0.717) is 45.2 Å². The summed E-state index contributed by atoms with van der Waals surface area (Å²) in [6.45, 7) is 5.04. The lowest BCUT2D eigenvalue weighted by molar-refractivity contribution is -0.139. The molecule has 6 heteroatoms. The second-order valence-electron chi connectivity index (χ2n) is 5.80. The van der Waals surface area contributed by atoms with E-state index in [1.807, 2.05) is 0 Å². The van der Waals surface area contributed by atoms with E-state index in [2.05, 4.69) is 17.6 Å². The van der Waals surface area contributed by atoms with E-state index in [9.17, 15) is 9.90 Å². The summed E-state index contributed by atoms with van der Waals surface area (Å²) in [6.07, 6.45) is 1.19. The maximum atomic E-state index is 12.3. The van der Waals surface area contributed by atoms with Gasteiger partial charge in [0.2, 0.25) is 5.91 Å². The molecule has 0 aliphatic carbocycles. The molecule has 0 aromatic carbocycles. The third kappa shape index (κ3) is 3.89. The van der Waals surface area contributed by atoms with Crippen molar-refractivity contribution in [3.63, 3.8) is 0 Å². The van der Waals surface area contributed by atoms with Crippen molar-refractivity contribution in [1.82, 2.24) is 15.5 Å². The van der Waals surface area contributed by atoms with Crippen LogP contribution in [0.5, 0.6) is 0 Å². The summed E-state index contributed by atoms with van der Waals surface area (Å²) in [6, 6.07) is 0.207. The minimum Gasteiger partial charge on any atom is -0.388 e. The second kappa shape index (κ2) is 6.17. The first-order valence-electron chi connectivity index (χ1n) is 7.02. The Labute approximate surface area is 114 Å². The number of hydrogen-bond acceptors (Lipinski definition) is 5. The summed E-state index contributed by atoms with van der Waals surface area (Å²) in [4.78, 5) is 13.9. The van der Waals surface area contributed by atoms with E-state index >= 15 is 0 Å². The van der Waals surface area contributed by atoms with Crippen molar-refractivity contribution >= 4 is 5.91 Å². The molecule has 6 nitrogen and oxygen atoms in total. The molecule has 0 aromatic rings. The molecule has 0 saturated carbocycles. The largest absolute Gasteiger partial charge is 0.388 e. The smallest absolute Gasteiger partial charge is 0.240 e. The van der Waals surface area contributed by atoms with Crippen LogP contribution in [-0.4, -0.2) is 73.5 Å². The van der Waals surface area contributed by atoms with Crippen LogP contribution in [0.4, 0.5) is 0 Å². The normalized spacial score (nSPS) is 30.9. The van der Waals surface area contributed by atoms with Gasteiger partial charge in [-0.3, -0.25) is 4.79 Å². The van der Waals surface area contributed by atoms with Gasteiger partial charge in [0.15, 0.2) is 0 Å². The summed E-state index contributed by atoms with van der Waals surface area (Å²) in [5.41, 5.74) is -0.794. The molecule has 2 rings (SSSR count). The number of hydrogen-bond donors (Lipinski definition) is 3. The van der Waals surface area contributed by atoms with Crippen molar-refractivity contribution in [1.29, 1.82) is 0 Å². The molecule has 0 radical (unpaired) electrons. The molecular weight excluding hydrogens is 246 g/mol. The number of carbonyl (C=O) groups excluding carboxylic acids is 1. The first-order chi connectivity index (χ1) is 9.00. The Kier molecular flexibility index (Phi) is 4.78. The lowest BCUT2D eigenvalue weighted by Crippen LogP contribution is -2.60. The van der Waals surface area contributed by atoms with Crippen LogP contribution in [0.25, 0.3) is 0 Å². The topological polar surface area (TPSA) is 73.8 Å². The number of carbonyl (C=O) groups is 1. The lowest BCUT2D eigenvalue weighted by atomic mass is 9.93. The predicted octanol–water partition coefficient (Wildman–Crippen LogP) is -1.06. The van der Waals surface area contributed by atoms with Gasteiger partial charge in [-0.25, -0.2) is 0 Å². The van der Waals surface area contributed by atoms with Crippen molar-refractivity contribution in [2.75, 3.05) is 39.9 Å². The number of ether oxygens (including phenoxy) is 1. The highest BCUT2D eigenvalue weighted by Crippen LogP contribution is 2.21. The maximum absolute atomic E-state index is 12.3. The fourth-order valence-corrected chi connectivity index (χ4v) is 2.65. The minimum absolute atomic E-state index is 0.0410. The zero-order valence-electron chi connectivity index (χ0n) is 11.8. The fraction of sp³-hybridized carbons (Fsp3) is 0.923. The third-order valence-corrected chi connectivity index (χ3v) is 3.97. The van der Waals surface area contributed by atoms with Gasteiger partial charge < -0.3 is 25.4 Å². The molecule has 2 atom stereocenters. The maximum Gasteiger partial charge on any atom is 0.240 e. The van der Waals surface area contributed by atoms with Gasteiger partial charge in [0.05, 0.1) is 11.6 Å². The Bertz CT molecular complexity index is 310. The Morgan fingerprint density at radius 1 is 1.37 bits per heavy atom. The molecular formula is C13H25N3O3. The lowest BCUT2D eigenvalue weighted by Gasteiger charge is -2.37. The van der Waals surface area contributed by atoms with Crippen molar-refractivity contribution in [3.05, 3.63) is 0 Å². The van der Waals surface area contributed by atoms with Crippen molar-refractivity contribution in [2.45, 2.75) is 37.5 Å². The second-order valence-corrected chi connectivity index (χ2v) is 5.80. The zero-order valence-corrected chi connectivity index (χ0v) is 11.8. The molecule has 2 aliphatic heterocycles. The average molecular weight is 271 g/mol. The van der Waals surface area contributed by atoms with Gasteiger partial charge >= 0.3 is 0 Å². The molecule has 110 valence electrons. The standard InChI is InChI=1S/C13H25N3O3/c1-10-7-15-11(8-14-10)12(17)16(2)9-13(18)3-5-19-6-4-13/h10-11,14-15,18H,3-9H2,1-2H3. The van der Waals surface area contributed by atoms with E-state index in [1.165, 1.54) is 0 Å². The Morgan fingerprint density at radius 3 is 2.63 bits per heavy atom. The Morgan fingerprint density at radius 2 is 2.05 bits per heavy atom. The van der Waals surface area contributed by atoms with Crippen LogP contribution >= 0.6 is 0 Å². The fourth-order valence-electron chi connectivity index (χ4n) is 2.65. The highest BCUT2D eigenvalue weighted by molar-refractivity contribution is 5.82. The molecule has 19 heavy (non-hydrogen) atoms. The van der Waals surface area contributed by atoms with E-state index in [1.54, 1.807) is 11.9 Å². The Hall–Kier alpha value is -0.690. The first-order valence-corrected chi connectivity index (χ1v) is 7.02. The Balaban J connectivity index is 1.84. The van der Waals surface area contributed by atoms with Crippen LogP contribution in [0.3, 0.4) is 0 Å². The van der Waals surface area contributed by atoms with Crippen LogP contribution in [0.15, 0.2) is 0 Å². The molecule has 2 saturated heterocycles. The van der Waals surface area contributed by atoms with Crippen LogP contribution < -0.4 is 10.6 Å². The van der Waals surface area contributed by atoms with Crippen molar-refractivity contribution in [2.24, 2.45) is 0 Å². The number of nitrogens with one attached hydrogen (secondary N) is 2. The summed E-state index contributed by atoms with van der Waals surface area (Å²) in [5.74, 6) is 0.0410. The molecule has 0 bridgehead atoms. The molecule has 1 amide bonds. The van der Waals surface area contributed by atoms with E-state index in [4.69, 9.17) is 4.74 Å². The van der Waals surface area contributed by atoms with Crippen LogP contribution in [0.2, 0.25) is 0 Å². The SMILES string of the molecule is CC1CNC(C(=O)N(C)CC2(O)CCOCC2)CN1. The van der Waals surface area contributed by atoms with Gasteiger partial charge in [-0.2, -0.15) is 0 Å². The van der Waals surface area contributed by atoms with Gasteiger partial charge in [-0.05, 0) is 6.92 Å². The number of rotatable bonds is 3. The van der Waals surface area contributed by atoms with E-state index in [-0.39, 0.29) is 11.9 Å². The van der Waals surface area contributed by atoms with Gasteiger partial charge in [0.1, 0.15) is 0 Å². The van der Waals surface area contributed by atoms with E-state index in [0.717, 1.165) is 6.54 Å². The zero-order chi connectivity index (χ0) is 13.9. The summed E-state index contributed by atoms with van der Waals surface area (Å²) in [5, 5.41) is 16.9. The molecule has 0 spiro atoms. The predicted molar refractivity (Wildman–Crippen MR) is 71.9 cm³/mol. The molecule has 0 aromatic heterocycles.